The summed E-state index contributed by atoms with van der Waals surface area (Å²) in [7, 11) is 0. The van der Waals surface area contributed by atoms with E-state index in [1.807, 2.05) is 0 Å². The van der Waals surface area contributed by atoms with Crippen LogP contribution in [0.2, 0.25) is 0 Å². The molecular formula is C13H11N5O2. The normalized spacial score (nSPS) is 10.6. The van der Waals surface area contributed by atoms with Gasteiger partial charge in [0.2, 0.25) is 11.4 Å². The van der Waals surface area contributed by atoms with Gasteiger partial charge in [-0.15, -0.1) is 0 Å². The molecule has 0 aliphatic rings. The van der Waals surface area contributed by atoms with Crippen LogP contribution in [0.4, 0.5) is 5.82 Å². The first kappa shape index (κ1) is 12.1. The number of carbonyl (C=O) groups excluding carboxylic acids is 1. The van der Waals surface area contributed by atoms with Crippen molar-refractivity contribution in [2.75, 3.05) is 5.73 Å². The molecule has 3 rings (SSSR count). The number of carbonyl (C=O) groups is 1. The molecule has 0 aliphatic heterocycles. The minimum Gasteiger partial charge on any atom is -0.383 e. The molecule has 100 valence electrons. The zero-order valence-corrected chi connectivity index (χ0v) is 10.4. The zero-order valence-electron chi connectivity index (χ0n) is 10.4. The molecule has 0 aliphatic carbocycles. The molecule has 0 aromatic carbocycles. The number of nitrogens with two attached hydrogens (primary N) is 1. The van der Waals surface area contributed by atoms with Crippen LogP contribution in [-0.2, 0) is 6.54 Å². The molecule has 0 saturated heterocycles. The van der Waals surface area contributed by atoms with Crippen LogP contribution in [0.15, 0.2) is 41.2 Å². The molecule has 3 aromatic heterocycles. The molecule has 3 N–H and O–H groups in total. The van der Waals surface area contributed by atoms with Crippen LogP contribution in [0.1, 0.15) is 16.1 Å². The number of hydrogen-bond acceptors (Lipinski definition) is 6. The maximum absolute atomic E-state index is 12.1. The van der Waals surface area contributed by atoms with Gasteiger partial charge < -0.3 is 15.6 Å². The Morgan fingerprint density at radius 2 is 2.05 bits per heavy atom. The van der Waals surface area contributed by atoms with Crippen molar-refractivity contribution in [2.45, 2.75) is 6.54 Å². The molecule has 3 heterocycles. The number of fused-ring (bicyclic) bond motifs is 1. The van der Waals surface area contributed by atoms with Gasteiger partial charge in [0.1, 0.15) is 5.82 Å². The summed E-state index contributed by atoms with van der Waals surface area (Å²) in [5.74, 6) is 0.149. The van der Waals surface area contributed by atoms with Crippen LogP contribution < -0.4 is 11.1 Å². The molecular weight excluding hydrogens is 258 g/mol. The molecule has 7 nitrogen and oxygen atoms in total. The Bertz CT molecular complexity index is 768. The fraction of sp³-hybridized carbons (Fsp3) is 0.0769. The lowest BCUT2D eigenvalue weighted by Crippen LogP contribution is -2.23. The molecule has 3 aromatic rings. The number of nitrogens with zero attached hydrogens (tertiary/aromatic N) is 3. The van der Waals surface area contributed by atoms with Crippen LogP contribution in [0.3, 0.4) is 0 Å². The van der Waals surface area contributed by atoms with E-state index in [4.69, 9.17) is 10.3 Å². The number of amides is 1. The van der Waals surface area contributed by atoms with E-state index in [-0.39, 0.29) is 18.2 Å². The van der Waals surface area contributed by atoms with E-state index in [2.05, 4.69) is 20.4 Å². The quantitative estimate of drug-likeness (QED) is 0.738. The van der Waals surface area contributed by atoms with Crippen molar-refractivity contribution in [2.24, 2.45) is 0 Å². The third-order valence-electron chi connectivity index (χ3n) is 2.83. The fourth-order valence-corrected chi connectivity index (χ4v) is 1.80. The van der Waals surface area contributed by atoms with Gasteiger partial charge in [-0.2, -0.15) is 0 Å². The summed E-state index contributed by atoms with van der Waals surface area (Å²) in [6, 6.07) is 7.00. The molecule has 0 radical (unpaired) electrons. The first-order valence-electron chi connectivity index (χ1n) is 5.93. The van der Waals surface area contributed by atoms with E-state index in [1.54, 1.807) is 36.7 Å². The number of pyridine rings is 2. The van der Waals surface area contributed by atoms with Gasteiger partial charge in [-0.3, -0.25) is 4.79 Å². The molecule has 0 unspecified atom stereocenters. The smallest absolute Gasteiger partial charge is 0.290 e. The molecule has 0 atom stereocenters. The fourth-order valence-electron chi connectivity index (χ4n) is 1.80. The standard InChI is InChI=1S/C13H11N5O2/c14-11-8(3-1-5-15-11)7-17-13(19)10-9-4-2-6-16-12(9)18-20-10/h1-6H,7H2,(H2,14,15)(H,17,19). The highest BCUT2D eigenvalue weighted by Gasteiger charge is 2.16. The number of anilines is 1. The number of nitrogen functional groups attached to an aromatic ring is 1. The number of hydrogen-bond donors (Lipinski definition) is 2. The van der Waals surface area contributed by atoms with Gasteiger partial charge in [0.15, 0.2) is 0 Å². The molecule has 0 fully saturated rings. The van der Waals surface area contributed by atoms with Gasteiger partial charge in [-0.25, -0.2) is 9.97 Å². The van der Waals surface area contributed by atoms with E-state index in [0.717, 1.165) is 5.56 Å². The Labute approximate surface area is 113 Å². The van der Waals surface area contributed by atoms with Crippen LogP contribution >= 0.6 is 0 Å². The molecule has 0 saturated carbocycles. The summed E-state index contributed by atoms with van der Waals surface area (Å²) >= 11 is 0. The van der Waals surface area contributed by atoms with E-state index in [1.165, 1.54) is 0 Å². The predicted octanol–water partition coefficient (Wildman–Crippen LogP) is 1.13. The minimum absolute atomic E-state index is 0.135. The monoisotopic (exact) mass is 269 g/mol. The van der Waals surface area contributed by atoms with Gasteiger partial charge >= 0.3 is 0 Å². The first-order chi connectivity index (χ1) is 9.75. The number of rotatable bonds is 3. The minimum atomic E-state index is -0.372. The average Bonchev–Trinajstić information content (AvgIpc) is 2.90. The molecule has 1 amide bonds. The van der Waals surface area contributed by atoms with Crippen molar-refractivity contribution < 1.29 is 9.32 Å². The van der Waals surface area contributed by atoms with Gasteiger partial charge in [0, 0.05) is 24.5 Å². The Kier molecular flexibility index (Phi) is 3.00. The van der Waals surface area contributed by atoms with Crippen LogP contribution in [0.5, 0.6) is 0 Å². The van der Waals surface area contributed by atoms with E-state index < -0.39 is 0 Å². The topological polar surface area (TPSA) is 107 Å². The van der Waals surface area contributed by atoms with Gasteiger partial charge in [-0.1, -0.05) is 11.2 Å². The summed E-state index contributed by atoms with van der Waals surface area (Å²) < 4.78 is 5.02. The van der Waals surface area contributed by atoms with E-state index >= 15 is 0 Å². The Morgan fingerprint density at radius 1 is 1.25 bits per heavy atom. The van der Waals surface area contributed by atoms with Gasteiger partial charge in [0.25, 0.3) is 5.91 Å². The van der Waals surface area contributed by atoms with Crippen molar-refractivity contribution in [3.05, 3.63) is 48.0 Å². The largest absolute Gasteiger partial charge is 0.383 e. The van der Waals surface area contributed by atoms with Crippen molar-refractivity contribution in [3.63, 3.8) is 0 Å². The van der Waals surface area contributed by atoms with Crippen LogP contribution in [0, 0.1) is 0 Å². The SMILES string of the molecule is Nc1ncccc1CNC(=O)c1onc2ncccc12. The van der Waals surface area contributed by atoms with Crippen LogP contribution in [-0.4, -0.2) is 21.0 Å². The Balaban J connectivity index is 1.79. The Hall–Kier alpha value is -2.96. The second-order valence-electron chi connectivity index (χ2n) is 4.12. The third-order valence-corrected chi connectivity index (χ3v) is 2.83. The lowest BCUT2D eigenvalue weighted by molar-refractivity contribution is 0.0916. The van der Waals surface area contributed by atoms with Gasteiger partial charge in [-0.05, 0) is 18.2 Å². The summed E-state index contributed by atoms with van der Waals surface area (Å²) in [5, 5.41) is 7.02. The summed E-state index contributed by atoms with van der Waals surface area (Å²) in [6.07, 6.45) is 3.18. The second-order valence-corrected chi connectivity index (χ2v) is 4.12. The first-order valence-corrected chi connectivity index (χ1v) is 5.93. The summed E-state index contributed by atoms with van der Waals surface area (Å²) in [6.45, 7) is 0.265. The number of nitrogens with one attached hydrogen (secondary N) is 1. The van der Waals surface area contributed by atoms with Crippen molar-refractivity contribution >= 4 is 22.8 Å². The maximum atomic E-state index is 12.1. The molecule has 0 bridgehead atoms. The summed E-state index contributed by atoms with van der Waals surface area (Å²) in [5.41, 5.74) is 6.85. The predicted molar refractivity (Wildman–Crippen MR) is 71.6 cm³/mol. The second kappa shape index (κ2) is 4.96. The Morgan fingerprint density at radius 3 is 2.90 bits per heavy atom. The average molecular weight is 269 g/mol. The zero-order chi connectivity index (χ0) is 13.9. The molecule has 20 heavy (non-hydrogen) atoms. The van der Waals surface area contributed by atoms with E-state index in [9.17, 15) is 4.79 Å². The van der Waals surface area contributed by atoms with Crippen LogP contribution in [0.25, 0.3) is 11.0 Å². The lowest BCUT2D eigenvalue weighted by Gasteiger charge is -2.05. The highest BCUT2D eigenvalue weighted by Crippen LogP contribution is 2.15. The van der Waals surface area contributed by atoms with Crippen molar-refractivity contribution in [1.29, 1.82) is 0 Å². The van der Waals surface area contributed by atoms with Crippen molar-refractivity contribution in [1.82, 2.24) is 20.4 Å². The highest BCUT2D eigenvalue weighted by atomic mass is 16.5. The molecule has 7 heteroatoms. The number of aromatic nitrogens is 3. The summed E-state index contributed by atoms with van der Waals surface area (Å²) in [4.78, 5) is 20.0. The lowest BCUT2D eigenvalue weighted by atomic mass is 10.2. The van der Waals surface area contributed by atoms with E-state index in [0.29, 0.717) is 16.9 Å². The third kappa shape index (κ3) is 2.16. The molecule has 0 spiro atoms. The highest BCUT2D eigenvalue weighted by molar-refractivity contribution is 6.02. The van der Waals surface area contributed by atoms with Crippen molar-refractivity contribution in [3.8, 4) is 0 Å². The maximum Gasteiger partial charge on any atom is 0.290 e. The van der Waals surface area contributed by atoms with Gasteiger partial charge in [0.05, 0.1) is 5.39 Å².